The van der Waals surface area contributed by atoms with Gasteiger partial charge >= 0.3 is 6.08 Å². The van der Waals surface area contributed by atoms with Crippen molar-refractivity contribution < 1.29 is 17.9 Å². The molecule has 0 radical (unpaired) electrons. The summed E-state index contributed by atoms with van der Waals surface area (Å²) in [7, 11) is 1.61. The van der Waals surface area contributed by atoms with Gasteiger partial charge in [0.1, 0.15) is 5.75 Å². The molecule has 4 heteroatoms. The van der Waals surface area contributed by atoms with Crippen molar-refractivity contribution in [2.45, 2.75) is 31.6 Å². The van der Waals surface area contributed by atoms with Crippen molar-refractivity contribution in [2.75, 3.05) is 7.11 Å². The normalized spacial score (nSPS) is 22.9. The second-order valence-corrected chi connectivity index (χ2v) is 4.93. The van der Waals surface area contributed by atoms with E-state index >= 15 is 0 Å². The molecule has 0 atom stereocenters. The van der Waals surface area contributed by atoms with E-state index in [4.69, 9.17) is 4.74 Å². The van der Waals surface area contributed by atoms with Gasteiger partial charge in [0.05, 0.1) is 7.11 Å². The fourth-order valence-corrected chi connectivity index (χ4v) is 2.71. The Balaban J connectivity index is 1.97. The van der Waals surface area contributed by atoms with Gasteiger partial charge in [-0.05, 0) is 49.3 Å². The lowest BCUT2D eigenvalue weighted by Gasteiger charge is -2.27. The van der Waals surface area contributed by atoms with E-state index in [1.54, 1.807) is 7.11 Å². The van der Waals surface area contributed by atoms with E-state index in [1.807, 2.05) is 24.3 Å². The molecular weight excluding hydrogens is 253 g/mol. The van der Waals surface area contributed by atoms with Crippen LogP contribution in [-0.4, -0.2) is 7.11 Å². The Hall–Kier alpha value is -1.45. The van der Waals surface area contributed by atoms with Crippen LogP contribution in [0.4, 0.5) is 13.2 Å². The Bertz CT molecular complexity index is 441. The van der Waals surface area contributed by atoms with Crippen LogP contribution >= 0.6 is 0 Å². The standard InChI is InChI=1S/C15H17F3O/c1-19-13-8-6-11(7-9-13)10-2-4-12(5-3-10)14(16)15(17)18/h6-10,12H,2-5H2,1H3. The number of allylic oxidation sites excluding steroid dienone is 1. The van der Waals surface area contributed by atoms with Gasteiger partial charge in [-0.1, -0.05) is 12.1 Å². The molecule has 1 aromatic carbocycles. The minimum absolute atomic E-state index is 0.331. The van der Waals surface area contributed by atoms with Gasteiger partial charge in [-0.3, -0.25) is 0 Å². The lowest BCUT2D eigenvalue weighted by atomic mass is 9.78. The molecular formula is C15H17F3O. The molecule has 0 aliphatic heterocycles. The van der Waals surface area contributed by atoms with E-state index in [0.717, 1.165) is 18.6 Å². The molecule has 0 amide bonds. The maximum atomic E-state index is 13.2. The second-order valence-electron chi connectivity index (χ2n) is 4.93. The summed E-state index contributed by atoms with van der Waals surface area (Å²) in [5.74, 6) is -0.684. The minimum atomic E-state index is -2.16. The predicted molar refractivity (Wildman–Crippen MR) is 68.0 cm³/mol. The minimum Gasteiger partial charge on any atom is -0.497 e. The fourth-order valence-electron chi connectivity index (χ4n) is 2.71. The Kier molecular flexibility index (Phi) is 4.51. The number of rotatable bonds is 3. The van der Waals surface area contributed by atoms with E-state index < -0.39 is 17.8 Å². The topological polar surface area (TPSA) is 9.23 Å². The van der Waals surface area contributed by atoms with Crippen molar-refractivity contribution in [1.29, 1.82) is 0 Å². The van der Waals surface area contributed by atoms with Crippen molar-refractivity contribution in [3.05, 3.63) is 41.7 Å². The zero-order valence-corrected chi connectivity index (χ0v) is 10.8. The lowest BCUT2D eigenvalue weighted by molar-refractivity contribution is 0.281. The third-order valence-electron chi connectivity index (χ3n) is 3.85. The van der Waals surface area contributed by atoms with E-state index in [0.29, 0.717) is 18.8 Å². The largest absolute Gasteiger partial charge is 0.497 e. The fraction of sp³-hybridized carbons (Fsp3) is 0.467. The number of hydrogen-bond acceptors (Lipinski definition) is 1. The van der Waals surface area contributed by atoms with E-state index in [9.17, 15) is 13.2 Å². The Morgan fingerprint density at radius 1 is 1.00 bits per heavy atom. The van der Waals surface area contributed by atoms with Crippen LogP contribution in [0.5, 0.6) is 5.75 Å². The molecule has 1 nitrogen and oxygen atoms in total. The number of hydrogen-bond donors (Lipinski definition) is 0. The highest BCUT2D eigenvalue weighted by Crippen LogP contribution is 2.40. The molecule has 2 rings (SSSR count). The molecule has 104 valence electrons. The SMILES string of the molecule is COc1ccc(C2CCC(C(F)=C(F)F)CC2)cc1. The molecule has 0 bridgehead atoms. The Labute approximate surface area is 111 Å². The molecule has 0 N–H and O–H groups in total. The molecule has 0 saturated heterocycles. The molecule has 1 aromatic rings. The summed E-state index contributed by atoms with van der Waals surface area (Å²) in [6.45, 7) is 0. The summed E-state index contributed by atoms with van der Waals surface area (Å²) in [4.78, 5) is 0. The number of methoxy groups -OCH3 is 1. The summed E-state index contributed by atoms with van der Waals surface area (Å²) in [5, 5.41) is 0. The Morgan fingerprint density at radius 2 is 1.58 bits per heavy atom. The monoisotopic (exact) mass is 270 g/mol. The van der Waals surface area contributed by atoms with Gasteiger partial charge in [0.15, 0.2) is 5.83 Å². The van der Waals surface area contributed by atoms with Gasteiger partial charge < -0.3 is 4.74 Å². The Morgan fingerprint density at radius 3 is 2.05 bits per heavy atom. The first-order valence-corrected chi connectivity index (χ1v) is 6.46. The molecule has 1 aliphatic carbocycles. The maximum absolute atomic E-state index is 13.2. The van der Waals surface area contributed by atoms with Gasteiger partial charge in [-0.15, -0.1) is 0 Å². The molecule has 1 fully saturated rings. The van der Waals surface area contributed by atoms with Crippen molar-refractivity contribution in [3.63, 3.8) is 0 Å². The quantitative estimate of drug-likeness (QED) is 0.747. The molecule has 0 spiro atoms. The van der Waals surface area contributed by atoms with Crippen LogP contribution in [0.3, 0.4) is 0 Å². The molecule has 1 saturated carbocycles. The van der Waals surface area contributed by atoms with E-state index in [2.05, 4.69) is 0 Å². The predicted octanol–water partition coefficient (Wildman–Crippen LogP) is 5.05. The highest BCUT2D eigenvalue weighted by molar-refractivity contribution is 5.29. The van der Waals surface area contributed by atoms with Crippen molar-refractivity contribution in [2.24, 2.45) is 5.92 Å². The molecule has 19 heavy (non-hydrogen) atoms. The maximum Gasteiger partial charge on any atom is 0.301 e. The third-order valence-corrected chi connectivity index (χ3v) is 3.85. The summed E-state index contributed by atoms with van der Waals surface area (Å²) in [6.07, 6.45) is 0.308. The van der Waals surface area contributed by atoms with Crippen LogP contribution in [0, 0.1) is 5.92 Å². The first-order chi connectivity index (χ1) is 9.11. The van der Waals surface area contributed by atoms with Gasteiger partial charge in [0.25, 0.3) is 0 Å². The first kappa shape index (κ1) is 14.0. The van der Waals surface area contributed by atoms with Crippen LogP contribution in [0.1, 0.15) is 37.2 Å². The summed E-state index contributed by atoms with van der Waals surface area (Å²) < 4.78 is 42.7. The van der Waals surface area contributed by atoms with Crippen molar-refractivity contribution >= 4 is 0 Å². The molecule has 0 heterocycles. The summed E-state index contributed by atoms with van der Waals surface area (Å²) >= 11 is 0. The van der Waals surface area contributed by atoms with Crippen LogP contribution in [0.25, 0.3) is 0 Å². The zero-order chi connectivity index (χ0) is 13.8. The van der Waals surface area contributed by atoms with E-state index in [1.165, 1.54) is 5.56 Å². The highest BCUT2D eigenvalue weighted by Gasteiger charge is 2.27. The van der Waals surface area contributed by atoms with Gasteiger partial charge in [-0.2, -0.15) is 8.78 Å². The van der Waals surface area contributed by atoms with Crippen LogP contribution in [0.2, 0.25) is 0 Å². The van der Waals surface area contributed by atoms with Gasteiger partial charge in [0.2, 0.25) is 0 Å². The van der Waals surface area contributed by atoms with Crippen molar-refractivity contribution in [3.8, 4) is 5.75 Å². The zero-order valence-electron chi connectivity index (χ0n) is 10.8. The number of ether oxygens (including phenoxy) is 1. The lowest BCUT2D eigenvalue weighted by Crippen LogP contribution is -2.14. The first-order valence-electron chi connectivity index (χ1n) is 6.46. The van der Waals surface area contributed by atoms with Crippen LogP contribution in [0.15, 0.2) is 36.2 Å². The third kappa shape index (κ3) is 3.31. The molecule has 1 aliphatic rings. The van der Waals surface area contributed by atoms with Gasteiger partial charge in [0, 0.05) is 5.92 Å². The average Bonchev–Trinajstić information content (AvgIpc) is 2.46. The highest BCUT2D eigenvalue weighted by atomic mass is 19.3. The van der Waals surface area contributed by atoms with Crippen LogP contribution < -0.4 is 4.74 Å². The smallest absolute Gasteiger partial charge is 0.301 e. The number of halogens is 3. The molecule has 0 unspecified atom stereocenters. The number of benzene rings is 1. The average molecular weight is 270 g/mol. The van der Waals surface area contributed by atoms with Crippen LogP contribution in [-0.2, 0) is 0 Å². The van der Waals surface area contributed by atoms with E-state index in [-0.39, 0.29) is 0 Å². The second kappa shape index (κ2) is 6.13. The van der Waals surface area contributed by atoms with Crippen molar-refractivity contribution in [1.82, 2.24) is 0 Å². The van der Waals surface area contributed by atoms with Gasteiger partial charge in [-0.25, -0.2) is 4.39 Å². The summed E-state index contributed by atoms with van der Waals surface area (Å²) in [5.41, 5.74) is 1.17. The summed E-state index contributed by atoms with van der Waals surface area (Å²) in [6, 6.07) is 7.77. The molecule has 0 aromatic heterocycles.